The Morgan fingerprint density at radius 3 is 2.65 bits per heavy atom. The summed E-state index contributed by atoms with van der Waals surface area (Å²) in [6.45, 7) is 1.60. The third-order valence-electron chi connectivity index (χ3n) is 1.82. The Labute approximate surface area is 102 Å². The van der Waals surface area contributed by atoms with Crippen molar-refractivity contribution in [3.8, 4) is 0 Å². The number of hydrogen-bond donors (Lipinski definition) is 1. The van der Waals surface area contributed by atoms with Crippen molar-refractivity contribution in [1.82, 2.24) is 4.72 Å². The molecule has 0 fully saturated rings. The highest BCUT2D eigenvalue weighted by Crippen LogP contribution is 2.12. The van der Waals surface area contributed by atoms with Crippen LogP contribution in [0.4, 0.5) is 0 Å². The zero-order valence-electron chi connectivity index (χ0n) is 9.37. The van der Waals surface area contributed by atoms with Crippen molar-refractivity contribution in [2.24, 2.45) is 0 Å². The van der Waals surface area contributed by atoms with Gasteiger partial charge in [0.05, 0.1) is 0 Å². The third kappa shape index (κ3) is 4.06. The fourth-order valence-electron chi connectivity index (χ4n) is 1.25. The monoisotopic (exact) mass is 279 g/mol. The van der Waals surface area contributed by atoms with Gasteiger partial charge in [-0.2, -0.15) is 0 Å². The molecule has 2 atom stereocenters. The van der Waals surface area contributed by atoms with Crippen molar-refractivity contribution in [2.75, 3.05) is 12.0 Å². The smallest absolute Gasteiger partial charge is 0.274 e. The first kappa shape index (κ1) is 14.1. The molecule has 0 aliphatic heterocycles. The van der Waals surface area contributed by atoms with E-state index in [9.17, 15) is 17.4 Å². The Balaban J connectivity index is 2.81. The van der Waals surface area contributed by atoms with Gasteiger partial charge in [-0.15, -0.1) is 0 Å². The van der Waals surface area contributed by atoms with E-state index in [1.807, 2.05) is 0 Å². The molecule has 17 heavy (non-hydrogen) atoms. The minimum absolute atomic E-state index is 0.0582. The molecule has 1 rings (SSSR count). The zero-order valence-corrected chi connectivity index (χ0v) is 11.0. The van der Waals surface area contributed by atoms with E-state index in [1.54, 1.807) is 6.92 Å². The third-order valence-corrected chi connectivity index (χ3v) is 4.26. The number of aldehydes is 1. The largest absolute Gasteiger partial charge is 0.440 e. The van der Waals surface area contributed by atoms with Crippen LogP contribution in [-0.2, 0) is 20.8 Å². The summed E-state index contributed by atoms with van der Waals surface area (Å²) in [4.78, 5) is 10.4. The number of hydrogen-bond acceptors (Lipinski definition) is 5. The summed E-state index contributed by atoms with van der Waals surface area (Å²) in [6, 6.07) is 1.99. The Morgan fingerprint density at radius 1 is 1.53 bits per heavy atom. The van der Waals surface area contributed by atoms with Gasteiger partial charge in [0.1, 0.15) is 0 Å². The number of carbonyl (C=O) groups excluding carboxylic acids is 1. The predicted octanol–water partition coefficient (Wildman–Crippen LogP) is 0.137. The molecular formula is C9H13NO5S2. The molecule has 0 bridgehead atoms. The molecule has 2 unspecified atom stereocenters. The first-order chi connectivity index (χ1) is 7.85. The molecule has 1 aromatic rings. The van der Waals surface area contributed by atoms with Gasteiger partial charge < -0.3 is 4.42 Å². The van der Waals surface area contributed by atoms with Gasteiger partial charge in [-0.1, -0.05) is 0 Å². The molecule has 1 aromatic heterocycles. The van der Waals surface area contributed by atoms with Gasteiger partial charge in [0, 0.05) is 28.9 Å². The fraction of sp³-hybridized carbons (Fsp3) is 0.444. The van der Waals surface area contributed by atoms with Crippen molar-refractivity contribution in [1.29, 1.82) is 0 Å². The molecule has 0 radical (unpaired) electrons. The van der Waals surface area contributed by atoms with Crippen molar-refractivity contribution < 1.29 is 21.8 Å². The van der Waals surface area contributed by atoms with Crippen LogP contribution < -0.4 is 4.72 Å². The molecule has 1 N–H and O–H groups in total. The molecule has 0 saturated heterocycles. The Bertz CT molecular complexity index is 519. The lowest BCUT2D eigenvalue weighted by Crippen LogP contribution is -2.35. The summed E-state index contributed by atoms with van der Waals surface area (Å²) in [5, 5.41) is -0.326. The highest BCUT2D eigenvalue weighted by Gasteiger charge is 2.21. The van der Waals surface area contributed by atoms with Crippen molar-refractivity contribution in [2.45, 2.75) is 18.1 Å². The van der Waals surface area contributed by atoms with Crippen LogP contribution in [0.15, 0.2) is 21.6 Å². The quantitative estimate of drug-likeness (QED) is 0.747. The lowest BCUT2D eigenvalue weighted by molar-refractivity contribution is 0.109. The average Bonchev–Trinajstić information content (AvgIpc) is 2.63. The van der Waals surface area contributed by atoms with Crippen LogP contribution in [0.25, 0.3) is 0 Å². The molecule has 0 aromatic carbocycles. The molecule has 8 heteroatoms. The highest BCUT2D eigenvalue weighted by molar-refractivity contribution is 7.89. The summed E-state index contributed by atoms with van der Waals surface area (Å²) in [6.07, 6.45) is 1.91. The van der Waals surface area contributed by atoms with E-state index < -0.39 is 26.9 Å². The van der Waals surface area contributed by atoms with Gasteiger partial charge in [0.15, 0.2) is 12.0 Å². The molecule has 96 valence electrons. The van der Waals surface area contributed by atoms with E-state index in [0.29, 0.717) is 6.29 Å². The van der Waals surface area contributed by atoms with Crippen LogP contribution in [0.1, 0.15) is 17.5 Å². The van der Waals surface area contributed by atoms with Gasteiger partial charge in [-0.05, 0) is 19.1 Å². The lowest BCUT2D eigenvalue weighted by Gasteiger charge is -2.10. The normalized spacial score (nSPS) is 15.4. The Kier molecular flexibility index (Phi) is 4.61. The SMILES string of the molecule is CC(CS(C)=O)NS(=O)(=O)c1ccc(C=O)o1. The lowest BCUT2D eigenvalue weighted by atomic mass is 10.4. The van der Waals surface area contributed by atoms with Crippen LogP contribution in [0.2, 0.25) is 0 Å². The fourth-order valence-corrected chi connectivity index (χ4v) is 3.33. The van der Waals surface area contributed by atoms with Crippen molar-refractivity contribution in [3.05, 3.63) is 17.9 Å². The van der Waals surface area contributed by atoms with Gasteiger partial charge in [0.2, 0.25) is 5.09 Å². The maximum atomic E-state index is 11.7. The summed E-state index contributed by atoms with van der Waals surface area (Å²) in [5.74, 6) is 0.151. The molecule has 0 aliphatic carbocycles. The zero-order chi connectivity index (χ0) is 13.1. The average molecular weight is 279 g/mol. The maximum Gasteiger partial charge on any atom is 0.274 e. The van der Waals surface area contributed by atoms with Crippen LogP contribution in [0.3, 0.4) is 0 Å². The molecule has 0 amide bonds. The van der Waals surface area contributed by atoms with E-state index in [0.717, 1.165) is 0 Å². The molecule has 0 saturated carbocycles. The second-order valence-electron chi connectivity index (χ2n) is 3.54. The first-order valence-corrected chi connectivity index (χ1v) is 7.93. The second-order valence-corrected chi connectivity index (χ2v) is 6.66. The topological polar surface area (TPSA) is 93.5 Å². The number of sulfonamides is 1. The number of carbonyl (C=O) groups is 1. The minimum Gasteiger partial charge on any atom is -0.440 e. The summed E-state index contributed by atoms with van der Waals surface area (Å²) < 4.78 is 41.5. The van der Waals surface area contributed by atoms with E-state index >= 15 is 0 Å². The summed E-state index contributed by atoms with van der Waals surface area (Å²) in [7, 11) is -4.90. The Hall–Kier alpha value is -0.990. The molecule has 0 spiro atoms. The van der Waals surface area contributed by atoms with E-state index in [1.165, 1.54) is 18.4 Å². The second kappa shape index (κ2) is 5.56. The van der Waals surface area contributed by atoms with E-state index in [-0.39, 0.29) is 16.6 Å². The number of furan rings is 1. The highest BCUT2D eigenvalue weighted by atomic mass is 32.2. The van der Waals surface area contributed by atoms with Gasteiger partial charge in [0.25, 0.3) is 10.0 Å². The van der Waals surface area contributed by atoms with Crippen molar-refractivity contribution in [3.63, 3.8) is 0 Å². The number of nitrogens with one attached hydrogen (secondary N) is 1. The standard InChI is InChI=1S/C9H13NO5S2/c1-7(6-16(2)12)10-17(13,14)9-4-3-8(5-11)15-9/h3-5,7,10H,6H2,1-2H3. The van der Waals surface area contributed by atoms with Crippen molar-refractivity contribution >= 4 is 27.1 Å². The maximum absolute atomic E-state index is 11.7. The van der Waals surface area contributed by atoms with Gasteiger partial charge in [-0.3, -0.25) is 9.00 Å². The molecule has 0 aliphatic rings. The number of rotatable bonds is 6. The van der Waals surface area contributed by atoms with Gasteiger partial charge >= 0.3 is 0 Å². The van der Waals surface area contributed by atoms with Gasteiger partial charge in [-0.25, -0.2) is 13.1 Å². The molecular weight excluding hydrogens is 266 g/mol. The first-order valence-electron chi connectivity index (χ1n) is 4.72. The summed E-state index contributed by atoms with van der Waals surface area (Å²) in [5.41, 5.74) is 0. The predicted molar refractivity (Wildman–Crippen MR) is 62.8 cm³/mol. The van der Waals surface area contributed by atoms with E-state index in [4.69, 9.17) is 4.42 Å². The van der Waals surface area contributed by atoms with Crippen LogP contribution >= 0.6 is 0 Å². The van der Waals surface area contributed by atoms with E-state index in [2.05, 4.69) is 4.72 Å². The minimum atomic E-state index is -3.80. The molecule has 1 heterocycles. The van der Waals surface area contributed by atoms with Crippen LogP contribution in [-0.4, -0.2) is 37.0 Å². The van der Waals surface area contributed by atoms with Crippen LogP contribution in [0.5, 0.6) is 0 Å². The van der Waals surface area contributed by atoms with Crippen LogP contribution in [0, 0.1) is 0 Å². The molecule has 6 nitrogen and oxygen atoms in total. The Morgan fingerprint density at radius 2 is 2.18 bits per heavy atom. The summed E-state index contributed by atoms with van der Waals surface area (Å²) >= 11 is 0.